The van der Waals surface area contributed by atoms with E-state index in [-0.39, 0.29) is 5.97 Å². The van der Waals surface area contributed by atoms with E-state index >= 15 is 0 Å². The van der Waals surface area contributed by atoms with E-state index in [9.17, 15) is 4.79 Å². The number of esters is 1. The zero-order valence-corrected chi connectivity index (χ0v) is 15.4. The molecule has 4 aromatic rings. The summed E-state index contributed by atoms with van der Waals surface area (Å²) in [6, 6.07) is 29.1. The van der Waals surface area contributed by atoms with E-state index in [0.717, 1.165) is 33.9 Å². The van der Waals surface area contributed by atoms with Crippen LogP contribution in [0.1, 0.15) is 6.92 Å². The molecule has 28 heavy (non-hydrogen) atoms. The molecule has 0 saturated heterocycles. The summed E-state index contributed by atoms with van der Waals surface area (Å²) in [5.41, 5.74) is 4.98. The average Bonchev–Trinajstić information content (AvgIpc) is 2.75. The number of pyridine rings is 2. The van der Waals surface area contributed by atoms with Crippen molar-refractivity contribution in [3.05, 3.63) is 91.0 Å². The largest absolute Gasteiger partial charge is 0.426 e. The van der Waals surface area contributed by atoms with E-state index in [4.69, 9.17) is 14.7 Å². The normalized spacial score (nSPS) is 10.5. The van der Waals surface area contributed by atoms with Crippen LogP contribution >= 0.6 is 0 Å². The van der Waals surface area contributed by atoms with Gasteiger partial charge in [-0.2, -0.15) is 0 Å². The highest BCUT2D eigenvalue weighted by Gasteiger charge is 2.11. The fraction of sp³-hybridized carbons (Fsp3) is 0.0417. The van der Waals surface area contributed by atoms with Crippen LogP contribution in [0, 0.1) is 0 Å². The van der Waals surface area contributed by atoms with Gasteiger partial charge in [-0.3, -0.25) is 4.79 Å². The summed E-state index contributed by atoms with van der Waals surface area (Å²) >= 11 is 0. The van der Waals surface area contributed by atoms with E-state index in [1.165, 1.54) is 6.92 Å². The SMILES string of the molecule is CC(=O)Oc1ccccc1-c1cccc(-c2cccc(-c3ccccc3)n2)n1. The summed E-state index contributed by atoms with van der Waals surface area (Å²) in [4.78, 5) is 20.9. The molecule has 2 aromatic carbocycles. The molecule has 4 heteroatoms. The van der Waals surface area contributed by atoms with Gasteiger partial charge in [0.05, 0.1) is 22.8 Å². The fourth-order valence-corrected chi connectivity index (χ4v) is 3.00. The highest BCUT2D eigenvalue weighted by atomic mass is 16.5. The first kappa shape index (κ1) is 17.6. The highest BCUT2D eigenvalue weighted by molar-refractivity contribution is 5.76. The molecule has 0 aliphatic carbocycles. The predicted molar refractivity (Wildman–Crippen MR) is 110 cm³/mol. The quantitative estimate of drug-likeness (QED) is 0.358. The van der Waals surface area contributed by atoms with E-state index < -0.39 is 0 Å². The van der Waals surface area contributed by atoms with Crippen molar-refractivity contribution in [2.24, 2.45) is 0 Å². The van der Waals surface area contributed by atoms with E-state index in [1.807, 2.05) is 84.9 Å². The van der Waals surface area contributed by atoms with Crippen molar-refractivity contribution in [1.82, 2.24) is 9.97 Å². The number of ether oxygens (including phenoxy) is 1. The number of carbonyl (C=O) groups is 1. The summed E-state index contributed by atoms with van der Waals surface area (Å²) in [6.45, 7) is 1.39. The molecule has 0 unspecified atom stereocenters. The molecular weight excluding hydrogens is 348 g/mol. The number of hydrogen-bond acceptors (Lipinski definition) is 4. The van der Waals surface area contributed by atoms with Crippen molar-refractivity contribution in [3.8, 4) is 39.7 Å². The second-order valence-electron chi connectivity index (χ2n) is 6.27. The van der Waals surface area contributed by atoms with E-state index in [1.54, 1.807) is 6.07 Å². The lowest BCUT2D eigenvalue weighted by atomic mass is 10.1. The average molecular weight is 366 g/mol. The third kappa shape index (κ3) is 3.81. The molecule has 0 aliphatic rings. The molecule has 2 heterocycles. The molecule has 0 radical (unpaired) electrons. The Morgan fingerprint density at radius 3 is 1.93 bits per heavy atom. The van der Waals surface area contributed by atoms with Gasteiger partial charge in [-0.1, -0.05) is 54.6 Å². The minimum atomic E-state index is -0.360. The number of benzene rings is 2. The smallest absolute Gasteiger partial charge is 0.308 e. The summed E-state index contributed by atoms with van der Waals surface area (Å²) in [5.74, 6) is 0.131. The fourth-order valence-electron chi connectivity index (χ4n) is 3.00. The lowest BCUT2D eigenvalue weighted by molar-refractivity contribution is -0.131. The number of para-hydroxylation sites is 1. The summed E-state index contributed by atoms with van der Waals surface area (Å²) < 4.78 is 5.33. The Bertz CT molecular complexity index is 1120. The Kier molecular flexibility index (Phi) is 4.93. The standard InChI is InChI=1S/C24H18N2O2/c1-17(27)28-24-16-6-5-11-19(24)21-13-8-15-23(26-21)22-14-7-12-20(25-22)18-9-3-2-4-10-18/h2-16H,1H3. The number of rotatable bonds is 4. The van der Waals surface area contributed by atoms with Crippen LogP contribution in [-0.2, 0) is 4.79 Å². The van der Waals surface area contributed by atoms with Gasteiger partial charge < -0.3 is 4.74 Å². The van der Waals surface area contributed by atoms with Crippen LogP contribution in [-0.4, -0.2) is 15.9 Å². The molecule has 2 aromatic heterocycles. The lowest BCUT2D eigenvalue weighted by Gasteiger charge is -2.10. The van der Waals surface area contributed by atoms with Crippen LogP contribution < -0.4 is 4.74 Å². The molecule has 0 saturated carbocycles. The van der Waals surface area contributed by atoms with Crippen molar-refractivity contribution in [3.63, 3.8) is 0 Å². The molecule has 0 bridgehead atoms. The zero-order valence-electron chi connectivity index (χ0n) is 15.4. The van der Waals surface area contributed by atoms with Gasteiger partial charge in [0.1, 0.15) is 5.75 Å². The third-order valence-corrected chi connectivity index (χ3v) is 4.25. The van der Waals surface area contributed by atoms with Gasteiger partial charge in [-0.15, -0.1) is 0 Å². The van der Waals surface area contributed by atoms with Gasteiger partial charge in [-0.05, 0) is 36.4 Å². The van der Waals surface area contributed by atoms with Crippen molar-refractivity contribution in [2.45, 2.75) is 6.92 Å². The summed E-state index contributed by atoms with van der Waals surface area (Å²) in [7, 11) is 0. The Balaban J connectivity index is 1.74. The topological polar surface area (TPSA) is 52.1 Å². The zero-order chi connectivity index (χ0) is 19.3. The van der Waals surface area contributed by atoms with Crippen molar-refractivity contribution in [2.75, 3.05) is 0 Å². The maximum Gasteiger partial charge on any atom is 0.308 e. The molecule has 0 atom stereocenters. The maximum atomic E-state index is 11.4. The monoisotopic (exact) mass is 366 g/mol. The molecule has 0 amide bonds. The molecule has 0 aliphatic heterocycles. The number of carbonyl (C=O) groups excluding carboxylic acids is 1. The van der Waals surface area contributed by atoms with E-state index in [0.29, 0.717) is 5.75 Å². The van der Waals surface area contributed by atoms with Gasteiger partial charge >= 0.3 is 5.97 Å². The van der Waals surface area contributed by atoms with Crippen LogP contribution in [0.3, 0.4) is 0 Å². The predicted octanol–water partition coefficient (Wildman–Crippen LogP) is 5.40. The molecule has 4 nitrogen and oxygen atoms in total. The number of aromatic nitrogens is 2. The Hall–Kier alpha value is -3.79. The summed E-state index contributed by atoms with van der Waals surface area (Å²) in [5, 5.41) is 0. The molecule has 0 fully saturated rings. The first-order valence-corrected chi connectivity index (χ1v) is 8.98. The van der Waals surface area contributed by atoms with Gasteiger partial charge in [0.2, 0.25) is 0 Å². The minimum Gasteiger partial charge on any atom is -0.426 e. The van der Waals surface area contributed by atoms with Gasteiger partial charge in [0.15, 0.2) is 0 Å². The first-order valence-electron chi connectivity index (χ1n) is 8.98. The van der Waals surface area contributed by atoms with Gasteiger partial charge in [-0.25, -0.2) is 9.97 Å². The molecule has 136 valence electrons. The highest BCUT2D eigenvalue weighted by Crippen LogP contribution is 2.30. The molecule has 0 N–H and O–H groups in total. The van der Waals surface area contributed by atoms with Crippen LogP contribution in [0.25, 0.3) is 33.9 Å². The minimum absolute atomic E-state index is 0.360. The Labute approximate surface area is 163 Å². The second-order valence-corrected chi connectivity index (χ2v) is 6.27. The van der Waals surface area contributed by atoms with Crippen LogP contribution in [0.15, 0.2) is 91.0 Å². The Morgan fingerprint density at radius 1 is 0.643 bits per heavy atom. The van der Waals surface area contributed by atoms with Crippen LogP contribution in [0.5, 0.6) is 5.75 Å². The second kappa shape index (κ2) is 7.84. The van der Waals surface area contributed by atoms with Gasteiger partial charge in [0, 0.05) is 18.1 Å². The van der Waals surface area contributed by atoms with Gasteiger partial charge in [0.25, 0.3) is 0 Å². The maximum absolute atomic E-state index is 11.4. The molecule has 0 spiro atoms. The van der Waals surface area contributed by atoms with Crippen LogP contribution in [0.4, 0.5) is 0 Å². The van der Waals surface area contributed by atoms with Crippen molar-refractivity contribution in [1.29, 1.82) is 0 Å². The third-order valence-electron chi connectivity index (χ3n) is 4.25. The van der Waals surface area contributed by atoms with Crippen LogP contribution in [0.2, 0.25) is 0 Å². The number of hydrogen-bond donors (Lipinski definition) is 0. The van der Waals surface area contributed by atoms with Crippen molar-refractivity contribution < 1.29 is 9.53 Å². The lowest BCUT2D eigenvalue weighted by Crippen LogP contribution is -2.03. The Morgan fingerprint density at radius 2 is 1.21 bits per heavy atom. The number of nitrogens with zero attached hydrogens (tertiary/aromatic N) is 2. The van der Waals surface area contributed by atoms with Crippen molar-refractivity contribution >= 4 is 5.97 Å². The summed E-state index contributed by atoms with van der Waals surface area (Å²) in [6.07, 6.45) is 0. The molecule has 4 rings (SSSR count). The van der Waals surface area contributed by atoms with E-state index in [2.05, 4.69) is 0 Å². The molecular formula is C24H18N2O2. The first-order chi connectivity index (χ1) is 13.7.